The Balaban J connectivity index is 1.43. The second-order valence-electron chi connectivity index (χ2n) is 6.46. The zero-order valence-corrected chi connectivity index (χ0v) is 16.0. The minimum Gasteiger partial charge on any atom is -0.492 e. The van der Waals surface area contributed by atoms with Gasteiger partial charge in [0.1, 0.15) is 17.4 Å². The van der Waals surface area contributed by atoms with Crippen LogP contribution < -0.4 is 19.9 Å². The molecule has 0 unspecified atom stereocenters. The van der Waals surface area contributed by atoms with E-state index in [0.29, 0.717) is 6.61 Å². The third-order valence-electron chi connectivity index (χ3n) is 4.63. The van der Waals surface area contributed by atoms with Gasteiger partial charge >= 0.3 is 0 Å². The Morgan fingerprint density at radius 3 is 2.46 bits per heavy atom. The van der Waals surface area contributed by atoms with E-state index in [4.69, 9.17) is 9.72 Å². The van der Waals surface area contributed by atoms with Crippen LogP contribution in [0, 0.1) is 0 Å². The first kappa shape index (κ1) is 18.0. The molecule has 0 atom stereocenters. The third-order valence-corrected chi connectivity index (χ3v) is 4.63. The zero-order chi connectivity index (χ0) is 19.2. The molecule has 0 saturated carbocycles. The van der Waals surface area contributed by atoms with Gasteiger partial charge in [0.2, 0.25) is 5.95 Å². The van der Waals surface area contributed by atoms with E-state index in [1.165, 1.54) is 0 Å². The summed E-state index contributed by atoms with van der Waals surface area (Å²) in [5.74, 6) is 3.32. The molecule has 1 fully saturated rings. The SMILES string of the molecule is CCOc1ccccc1Nc1ccnc(N2CCN(c3ccccn3)CC2)n1. The predicted molar refractivity (Wildman–Crippen MR) is 112 cm³/mol. The van der Waals surface area contributed by atoms with Gasteiger partial charge in [-0.3, -0.25) is 0 Å². The fourth-order valence-electron chi connectivity index (χ4n) is 3.24. The van der Waals surface area contributed by atoms with E-state index >= 15 is 0 Å². The van der Waals surface area contributed by atoms with E-state index in [2.05, 4.69) is 25.1 Å². The highest BCUT2D eigenvalue weighted by Gasteiger charge is 2.20. The van der Waals surface area contributed by atoms with Crippen LogP contribution in [0.15, 0.2) is 60.9 Å². The maximum Gasteiger partial charge on any atom is 0.227 e. The van der Waals surface area contributed by atoms with E-state index in [9.17, 15) is 0 Å². The first-order chi connectivity index (χ1) is 13.8. The molecule has 0 spiro atoms. The lowest BCUT2D eigenvalue weighted by Crippen LogP contribution is -2.47. The minimum atomic E-state index is 0.619. The summed E-state index contributed by atoms with van der Waals surface area (Å²) < 4.78 is 5.68. The smallest absolute Gasteiger partial charge is 0.227 e. The molecule has 144 valence electrons. The summed E-state index contributed by atoms with van der Waals surface area (Å²) >= 11 is 0. The number of aromatic nitrogens is 3. The van der Waals surface area contributed by atoms with Crippen LogP contribution in [0.4, 0.5) is 23.3 Å². The summed E-state index contributed by atoms with van der Waals surface area (Å²) in [6, 6.07) is 15.8. The van der Waals surface area contributed by atoms with Gasteiger partial charge in [0.05, 0.1) is 12.3 Å². The van der Waals surface area contributed by atoms with Crippen molar-refractivity contribution >= 4 is 23.3 Å². The first-order valence-corrected chi connectivity index (χ1v) is 9.56. The fraction of sp³-hybridized carbons (Fsp3) is 0.286. The van der Waals surface area contributed by atoms with Gasteiger partial charge in [0, 0.05) is 38.6 Å². The molecular weight excluding hydrogens is 352 g/mol. The number of nitrogens with one attached hydrogen (secondary N) is 1. The van der Waals surface area contributed by atoms with Crippen molar-refractivity contribution in [3.8, 4) is 5.75 Å². The summed E-state index contributed by atoms with van der Waals surface area (Å²) in [6.45, 7) is 6.10. The number of anilines is 4. The number of benzene rings is 1. The molecule has 4 rings (SSSR count). The molecule has 0 aliphatic carbocycles. The molecule has 0 bridgehead atoms. The van der Waals surface area contributed by atoms with Crippen LogP contribution in [0.5, 0.6) is 5.75 Å². The van der Waals surface area contributed by atoms with Crippen LogP contribution in [-0.4, -0.2) is 47.7 Å². The lowest BCUT2D eigenvalue weighted by molar-refractivity contribution is 0.342. The Morgan fingerprint density at radius 1 is 0.893 bits per heavy atom. The average Bonchev–Trinajstić information content (AvgIpc) is 2.76. The van der Waals surface area contributed by atoms with Gasteiger partial charge in [-0.2, -0.15) is 4.98 Å². The van der Waals surface area contributed by atoms with E-state index in [1.54, 1.807) is 6.20 Å². The van der Waals surface area contributed by atoms with E-state index in [0.717, 1.165) is 55.2 Å². The lowest BCUT2D eigenvalue weighted by Gasteiger charge is -2.35. The van der Waals surface area contributed by atoms with Crippen molar-refractivity contribution in [2.45, 2.75) is 6.92 Å². The highest BCUT2D eigenvalue weighted by Crippen LogP contribution is 2.27. The lowest BCUT2D eigenvalue weighted by atomic mass is 10.3. The fourth-order valence-corrected chi connectivity index (χ4v) is 3.24. The standard InChI is InChI=1S/C21H24N6O/c1-2-28-18-8-4-3-7-17(18)24-19-10-12-23-21(25-19)27-15-13-26(14-16-27)20-9-5-6-11-22-20/h3-12H,2,13-16H2,1H3,(H,23,24,25). The van der Waals surface area contributed by atoms with Crippen molar-refractivity contribution in [2.24, 2.45) is 0 Å². The molecule has 0 amide bonds. The molecule has 1 aromatic carbocycles. The Hall–Kier alpha value is -3.35. The monoisotopic (exact) mass is 376 g/mol. The van der Waals surface area contributed by atoms with Crippen LogP contribution in [0.25, 0.3) is 0 Å². The Labute approximate surface area is 165 Å². The molecule has 2 aromatic heterocycles. The van der Waals surface area contributed by atoms with Crippen molar-refractivity contribution in [1.29, 1.82) is 0 Å². The second-order valence-corrected chi connectivity index (χ2v) is 6.46. The number of nitrogens with zero attached hydrogens (tertiary/aromatic N) is 5. The second kappa shape index (κ2) is 8.56. The molecule has 7 nitrogen and oxygen atoms in total. The Bertz CT molecular complexity index is 896. The van der Waals surface area contributed by atoms with E-state index in [-0.39, 0.29) is 0 Å². The Kier molecular flexibility index (Phi) is 5.51. The summed E-state index contributed by atoms with van der Waals surface area (Å²) in [5.41, 5.74) is 0.897. The Morgan fingerprint density at radius 2 is 1.68 bits per heavy atom. The summed E-state index contributed by atoms with van der Waals surface area (Å²) in [6.07, 6.45) is 3.62. The molecule has 0 radical (unpaired) electrons. The van der Waals surface area contributed by atoms with Crippen LogP contribution in [0.2, 0.25) is 0 Å². The topological polar surface area (TPSA) is 66.4 Å². The molecule has 7 heteroatoms. The van der Waals surface area contributed by atoms with Gasteiger partial charge in [-0.05, 0) is 37.3 Å². The van der Waals surface area contributed by atoms with Gasteiger partial charge in [0.25, 0.3) is 0 Å². The van der Waals surface area contributed by atoms with E-state index < -0.39 is 0 Å². The van der Waals surface area contributed by atoms with Crippen LogP contribution in [0.1, 0.15) is 6.92 Å². The van der Waals surface area contributed by atoms with Gasteiger partial charge < -0.3 is 19.9 Å². The minimum absolute atomic E-state index is 0.619. The number of hydrogen-bond acceptors (Lipinski definition) is 7. The first-order valence-electron chi connectivity index (χ1n) is 9.56. The molecule has 1 aliphatic heterocycles. The average molecular weight is 376 g/mol. The molecule has 1 aliphatic rings. The van der Waals surface area contributed by atoms with Crippen LogP contribution >= 0.6 is 0 Å². The maximum absolute atomic E-state index is 5.68. The van der Waals surface area contributed by atoms with Gasteiger partial charge in [0.15, 0.2) is 0 Å². The van der Waals surface area contributed by atoms with E-state index in [1.807, 2.05) is 61.7 Å². The quantitative estimate of drug-likeness (QED) is 0.708. The van der Waals surface area contributed by atoms with Crippen molar-refractivity contribution in [2.75, 3.05) is 47.9 Å². The number of piperazine rings is 1. The normalized spacial score (nSPS) is 14.0. The molecule has 28 heavy (non-hydrogen) atoms. The molecular formula is C21H24N6O. The number of para-hydroxylation sites is 2. The van der Waals surface area contributed by atoms with Crippen LogP contribution in [0.3, 0.4) is 0 Å². The molecule has 1 N–H and O–H groups in total. The number of rotatable bonds is 6. The summed E-state index contributed by atoms with van der Waals surface area (Å²) in [4.78, 5) is 18.1. The van der Waals surface area contributed by atoms with Gasteiger partial charge in [-0.1, -0.05) is 18.2 Å². The number of ether oxygens (including phenoxy) is 1. The highest BCUT2D eigenvalue weighted by atomic mass is 16.5. The van der Waals surface area contributed by atoms with Crippen molar-refractivity contribution in [1.82, 2.24) is 15.0 Å². The number of pyridine rings is 1. The van der Waals surface area contributed by atoms with Gasteiger partial charge in [-0.25, -0.2) is 9.97 Å². The van der Waals surface area contributed by atoms with Gasteiger partial charge in [-0.15, -0.1) is 0 Å². The molecule has 3 aromatic rings. The largest absolute Gasteiger partial charge is 0.492 e. The molecule has 3 heterocycles. The summed E-state index contributed by atoms with van der Waals surface area (Å²) in [7, 11) is 0. The molecule has 1 saturated heterocycles. The van der Waals surface area contributed by atoms with Crippen molar-refractivity contribution in [3.05, 3.63) is 60.9 Å². The van der Waals surface area contributed by atoms with Crippen molar-refractivity contribution < 1.29 is 4.74 Å². The summed E-state index contributed by atoms with van der Waals surface area (Å²) in [5, 5.41) is 3.35. The van der Waals surface area contributed by atoms with Crippen molar-refractivity contribution in [3.63, 3.8) is 0 Å². The highest BCUT2D eigenvalue weighted by molar-refractivity contribution is 5.64. The maximum atomic E-state index is 5.68. The predicted octanol–water partition coefficient (Wildman–Crippen LogP) is 3.34. The zero-order valence-electron chi connectivity index (χ0n) is 16.0. The third kappa shape index (κ3) is 4.14. The number of hydrogen-bond donors (Lipinski definition) is 1. The van der Waals surface area contributed by atoms with Crippen LogP contribution in [-0.2, 0) is 0 Å².